The molecule has 0 bridgehead atoms. The normalized spacial score (nSPS) is 15.2. The zero-order valence-corrected chi connectivity index (χ0v) is 20.1. The number of aromatic nitrogens is 1. The van der Waals surface area contributed by atoms with Crippen LogP contribution in [0, 0.1) is 5.92 Å². The van der Waals surface area contributed by atoms with Crippen LogP contribution in [0.3, 0.4) is 0 Å². The molecule has 34 heavy (non-hydrogen) atoms. The average Bonchev–Trinajstić information content (AvgIpc) is 3.49. The highest BCUT2D eigenvalue weighted by atomic mass is 32.1. The lowest BCUT2D eigenvalue weighted by Gasteiger charge is -2.20. The summed E-state index contributed by atoms with van der Waals surface area (Å²) in [4.78, 5) is 31.8. The van der Waals surface area contributed by atoms with E-state index < -0.39 is 5.92 Å². The van der Waals surface area contributed by atoms with Gasteiger partial charge in [0.15, 0.2) is 16.6 Å². The van der Waals surface area contributed by atoms with Crippen molar-refractivity contribution in [2.75, 3.05) is 45.2 Å². The lowest BCUT2D eigenvalue weighted by atomic mass is 10.1. The van der Waals surface area contributed by atoms with Gasteiger partial charge in [-0.3, -0.25) is 9.59 Å². The quantitative estimate of drug-likeness (QED) is 0.520. The molecule has 178 valence electrons. The summed E-state index contributed by atoms with van der Waals surface area (Å²) in [5.41, 5.74) is 2.12. The van der Waals surface area contributed by atoms with Crippen molar-refractivity contribution in [1.82, 2.24) is 4.98 Å². The predicted molar refractivity (Wildman–Crippen MR) is 129 cm³/mol. The second-order valence-electron chi connectivity index (χ2n) is 7.52. The Morgan fingerprint density at radius 3 is 2.35 bits per heavy atom. The van der Waals surface area contributed by atoms with Crippen molar-refractivity contribution in [3.63, 3.8) is 0 Å². The summed E-state index contributed by atoms with van der Waals surface area (Å²) < 4.78 is 21.5. The minimum absolute atomic E-state index is 0.0905. The minimum atomic E-state index is -0.523. The maximum Gasteiger partial charge on any atom is 0.231 e. The Balaban J connectivity index is 1.49. The van der Waals surface area contributed by atoms with Crippen LogP contribution in [0.25, 0.3) is 11.3 Å². The molecule has 1 aliphatic rings. The first-order valence-electron chi connectivity index (χ1n) is 10.5. The lowest BCUT2D eigenvalue weighted by Crippen LogP contribution is -2.28. The largest absolute Gasteiger partial charge is 0.496 e. The van der Waals surface area contributed by atoms with Crippen molar-refractivity contribution in [3.8, 4) is 34.3 Å². The third-order valence-electron chi connectivity index (χ3n) is 5.57. The fourth-order valence-corrected chi connectivity index (χ4v) is 4.59. The van der Waals surface area contributed by atoms with Crippen molar-refractivity contribution in [1.29, 1.82) is 0 Å². The van der Waals surface area contributed by atoms with Crippen molar-refractivity contribution < 1.29 is 28.5 Å². The van der Waals surface area contributed by atoms with E-state index in [1.54, 1.807) is 24.1 Å². The number of ether oxygens (including phenoxy) is 4. The zero-order valence-electron chi connectivity index (χ0n) is 19.3. The predicted octanol–water partition coefficient (Wildman–Crippen LogP) is 3.84. The molecule has 1 fully saturated rings. The molecule has 1 atom stereocenters. The second kappa shape index (κ2) is 10.0. The fourth-order valence-electron chi connectivity index (χ4n) is 3.87. The number of hydrogen-bond donors (Lipinski definition) is 1. The maximum absolute atomic E-state index is 12.9. The first-order chi connectivity index (χ1) is 16.5. The summed E-state index contributed by atoms with van der Waals surface area (Å²) >= 11 is 1.32. The van der Waals surface area contributed by atoms with Crippen LogP contribution >= 0.6 is 11.3 Å². The molecule has 4 rings (SSSR count). The molecule has 10 heteroatoms. The van der Waals surface area contributed by atoms with E-state index in [4.69, 9.17) is 18.9 Å². The number of carbonyl (C=O) groups is 2. The molecule has 1 aliphatic heterocycles. The van der Waals surface area contributed by atoms with Gasteiger partial charge in [0.05, 0.1) is 45.7 Å². The van der Waals surface area contributed by atoms with Crippen LogP contribution in [0.4, 0.5) is 10.8 Å². The van der Waals surface area contributed by atoms with Crippen LogP contribution in [-0.2, 0) is 9.59 Å². The van der Waals surface area contributed by atoms with Crippen LogP contribution in [-0.4, -0.2) is 51.8 Å². The van der Waals surface area contributed by atoms with Gasteiger partial charge >= 0.3 is 0 Å². The van der Waals surface area contributed by atoms with Crippen LogP contribution < -0.4 is 29.2 Å². The number of para-hydroxylation sites is 1. The number of hydrogen-bond acceptors (Lipinski definition) is 8. The number of carbonyl (C=O) groups excluding carboxylic acids is 2. The van der Waals surface area contributed by atoms with E-state index in [1.165, 1.54) is 32.7 Å². The summed E-state index contributed by atoms with van der Waals surface area (Å²) in [6.45, 7) is 0.230. The molecule has 2 aromatic carbocycles. The molecular formula is C24H25N3O6S. The number of rotatable bonds is 8. The van der Waals surface area contributed by atoms with Crippen molar-refractivity contribution >= 4 is 34.0 Å². The molecule has 2 heterocycles. The van der Waals surface area contributed by atoms with Crippen LogP contribution in [0.1, 0.15) is 6.42 Å². The van der Waals surface area contributed by atoms with E-state index in [1.807, 2.05) is 29.6 Å². The van der Waals surface area contributed by atoms with E-state index in [-0.39, 0.29) is 24.8 Å². The van der Waals surface area contributed by atoms with Gasteiger partial charge in [-0.15, -0.1) is 11.3 Å². The standard InChI is InChI=1S/C24H25N3O6S/c1-30-18-8-6-5-7-16(18)17-13-34-24(25-17)26-23(29)14-9-21(28)27(12-14)15-10-19(31-2)22(33-4)20(11-15)32-3/h5-8,10-11,13-14H,9,12H2,1-4H3,(H,25,26,29). The molecule has 1 aromatic heterocycles. The average molecular weight is 484 g/mol. The topological polar surface area (TPSA) is 99.2 Å². The molecule has 1 saturated heterocycles. The molecule has 3 aromatic rings. The summed E-state index contributed by atoms with van der Waals surface area (Å²) in [5, 5.41) is 5.17. The number of anilines is 2. The Morgan fingerprint density at radius 2 is 1.71 bits per heavy atom. The van der Waals surface area contributed by atoms with Gasteiger partial charge in [0.2, 0.25) is 17.6 Å². The summed E-state index contributed by atoms with van der Waals surface area (Å²) in [5.74, 6) is 1.06. The van der Waals surface area contributed by atoms with Crippen LogP contribution in [0.15, 0.2) is 41.8 Å². The molecular weight excluding hydrogens is 458 g/mol. The number of benzene rings is 2. The highest BCUT2D eigenvalue weighted by molar-refractivity contribution is 7.14. The lowest BCUT2D eigenvalue weighted by molar-refractivity contribution is -0.122. The molecule has 0 aliphatic carbocycles. The molecule has 0 radical (unpaired) electrons. The number of methoxy groups -OCH3 is 4. The SMILES string of the molecule is COc1ccccc1-c1csc(NC(=O)C2CC(=O)N(c3cc(OC)c(OC)c(OC)c3)C2)n1. The van der Waals surface area contributed by atoms with Gasteiger partial charge in [0.25, 0.3) is 0 Å². The Hall–Kier alpha value is -3.79. The maximum atomic E-state index is 12.9. The van der Waals surface area contributed by atoms with Gasteiger partial charge in [-0.05, 0) is 12.1 Å². The molecule has 2 amide bonds. The fraction of sp³-hybridized carbons (Fsp3) is 0.292. The Morgan fingerprint density at radius 1 is 1.03 bits per heavy atom. The second-order valence-corrected chi connectivity index (χ2v) is 8.37. The van der Waals surface area contributed by atoms with Crippen molar-refractivity contribution in [2.45, 2.75) is 6.42 Å². The Kier molecular flexibility index (Phi) is 6.87. The van der Waals surface area contributed by atoms with Crippen molar-refractivity contribution in [3.05, 3.63) is 41.8 Å². The first-order valence-corrected chi connectivity index (χ1v) is 11.4. The third kappa shape index (κ3) is 4.49. The van der Waals surface area contributed by atoms with E-state index in [0.717, 1.165) is 5.56 Å². The van der Waals surface area contributed by atoms with Gasteiger partial charge in [-0.25, -0.2) is 4.98 Å². The minimum Gasteiger partial charge on any atom is -0.496 e. The highest BCUT2D eigenvalue weighted by Crippen LogP contribution is 2.42. The van der Waals surface area contributed by atoms with Gasteiger partial charge in [-0.1, -0.05) is 12.1 Å². The van der Waals surface area contributed by atoms with E-state index >= 15 is 0 Å². The van der Waals surface area contributed by atoms with Gasteiger partial charge in [0, 0.05) is 36.0 Å². The molecule has 0 spiro atoms. The molecule has 0 saturated carbocycles. The van der Waals surface area contributed by atoms with E-state index in [9.17, 15) is 9.59 Å². The summed E-state index contributed by atoms with van der Waals surface area (Å²) in [6.07, 6.45) is 0.0905. The van der Waals surface area contributed by atoms with E-state index in [0.29, 0.717) is 39.5 Å². The molecule has 9 nitrogen and oxygen atoms in total. The third-order valence-corrected chi connectivity index (χ3v) is 6.33. The van der Waals surface area contributed by atoms with Crippen LogP contribution in [0.5, 0.6) is 23.0 Å². The Labute approximate surface area is 201 Å². The van der Waals surface area contributed by atoms with E-state index in [2.05, 4.69) is 10.3 Å². The number of amides is 2. The molecule has 1 unspecified atom stereocenters. The van der Waals surface area contributed by atoms with Crippen LogP contribution in [0.2, 0.25) is 0 Å². The van der Waals surface area contributed by atoms with Gasteiger partial charge < -0.3 is 29.2 Å². The summed E-state index contributed by atoms with van der Waals surface area (Å²) in [7, 11) is 6.14. The Bertz CT molecular complexity index is 1190. The number of thiazole rings is 1. The smallest absolute Gasteiger partial charge is 0.231 e. The number of nitrogens with zero attached hydrogens (tertiary/aromatic N) is 2. The monoisotopic (exact) mass is 483 g/mol. The first kappa shape index (κ1) is 23.4. The number of nitrogens with one attached hydrogen (secondary N) is 1. The zero-order chi connectivity index (χ0) is 24.2. The molecule has 1 N–H and O–H groups in total. The van der Waals surface area contributed by atoms with Gasteiger partial charge in [0.1, 0.15) is 5.75 Å². The van der Waals surface area contributed by atoms with Gasteiger partial charge in [-0.2, -0.15) is 0 Å². The van der Waals surface area contributed by atoms with Crippen molar-refractivity contribution in [2.24, 2.45) is 5.92 Å². The summed E-state index contributed by atoms with van der Waals surface area (Å²) in [6, 6.07) is 10.9. The highest BCUT2D eigenvalue weighted by Gasteiger charge is 2.36.